The van der Waals surface area contributed by atoms with E-state index in [0.717, 1.165) is 26.3 Å². The summed E-state index contributed by atoms with van der Waals surface area (Å²) >= 11 is 0. The van der Waals surface area contributed by atoms with E-state index in [9.17, 15) is 0 Å². The van der Waals surface area contributed by atoms with Crippen molar-refractivity contribution in [1.82, 2.24) is 5.32 Å². The van der Waals surface area contributed by atoms with Crippen LogP contribution in [0.25, 0.3) is 0 Å². The van der Waals surface area contributed by atoms with Crippen LogP contribution in [0.3, 0.4) is 0 Å². The van der Waals surface area contributed by atoms with Crippen molar-refractivity contribution in [2.75, 3.05) is 26.3 Å². The Hall–Kier alpha value is -0.0800. The molecule has 0 bridgehead atoms. The molecule has 0 spiro atoms. The van der Waals surface area contributed by atoms with Gasteiger partial charge in [0.25, 0.3) is 0 Å². The van der Waals surface area contributed by atoms with Crippen LogP contribution in [0.15, 0.2) is 0 Å². The summed E-state index contributed by atoms with van der Waals surface area (Å²) in [6.45, 7) is 3.86. The summed E-state index contributed by atoms with van der Waals surface area (Å²) in [5.74, 6) is 0. The second kappa shape index (κ2) is 9.47. The topological polar surface area (TPSA) is 21.3 Å². The molecule has 2 nitrogen and oxygen atoms in total. The van der Waals surface area contributed by atoms with Crippen LogP contribution in [0.2, 0.25) is 0 Å². The number of hydrogen-bond donors (Lipinski definition) is 1. The van der Waals surface area contributed by atoms with Crippen LogP contribution < -0.4 is 5.32 Å². The highest BCUT2D eigenvalue weighted by Crippen LogP contribution is 2.08. The Morgan fingerprint density at radius 1 is 0.857 bits per heavy atom. The minimum Gasteiger partial charge on any atom is -0.380 e. The van der Waals surface area contributed by atoms with Crippen molar-refractivity contribution in [2.45, 2.75) is 44.9 Å². The van der Waals surface area contributed by atoms with Crippen LogP contribution >= 0.6 is 0 Å². The second-order valence-electron chi connectivity index (χ2n) is 4.02. The molecule has 0 amide bonds. The maximum atomic E-state index is 5.50. The van der Waals surface area contributed by atoms with Crippen molar-refractivity contribution >= 4 is 0 Å². The van der Waals surface area contributed by atoms with E-state index in [4.69, 9.17) is 4.74 Å². The minimum atomic E-state index is 0.869. The maximum absolute atomic E-state index is 5.50. The zero-order valence-electron chi connectivity index (χ0n) is 9.26. The highest BCUT2D eigenvalue weighted by molar-refractivity contribution is 4.67. The molecular weight excluding hydrogens is 174 g/mol. The van der Waals surface area contributed by atoms with Crippen LogP contribution in [0.5, 0.6) is 0 Å². The quantitative estimate of drug-likeness (QED) is 0.646. The summed E-state index contributed by atoms with van der Waals surface area (Å²) in [6.07, 6.45) is 11.8. The molecule has 1 aliphatic rings. The van der Waals surface area contributed by atoms with Gasteiger partial charge in [0.2, 0.25) is 0 Å². The summed E-state index contributed by atoms with van der Waals surface area (Å²) < 4.78 is 5.50. The van der Waals surface area contributed by atoms with Crippen LogP contribution in [0, 0.1) is 6.42 Å². The van der Waals surface area contributed by atoms with Gasteiger partial charge in [0.05, 0.1) is 6.61 Å². The van der Waals surface area contributed by atoms with Gasteiger partial charge in [-0.3, -0.25) is 0 Å². The standard InChI is InChI=1S/C12H24NO/c1-2-4-6-8-11-14-12-10-13-9-7-5-3-1/h7,13H,1-6,8-12H2. The first-order valence-corrected chi connectivity index (χ1v) is 6.10. The maximum Gasteiger partial charge on any atom is 0.0590 e. The third-order valence-corrected chi connectivity index (χ3v) is 2.66. The Morgan fingerprint density at radius 3 is 2.57 bits per heavy atom. The number of ether oxygens (including phenoxy) is 1. The first kappa shape index (κ1) is 12.0. The lowest BCUT2D eigenvalue weighted by Crippen LogP contribution is -2.21. The Kier molecular flexibility index (Phi) is 8.12. The van der Waals surface area contributed by atoms with Gasteiger partial charge < -0.3 is 10.1 Å². The number of nitrogens with one attached hydrogen (secondary N) is 1. The van der Waals surface area contributed by atoms with Gasteiger partial charge in [0.15, 0.2) is 0 Å². The van der Waals surface area contributed by atoms with E-state index in [-0.39, 0.29) is 0 Å². The normalized spacial score (nSPS) is 24.0. The monoisotopic (exact) mass is 198 g/mol. The first-order valence-electron chi connectivity index (χ1n) is 6.10. The molecule has 0 aromatic carbocycles. The zero-order valence-corrected chi connectivity index (χ0v) is 9.26. The van der Waals surface area contributed by atoms with Crippen molar-refractivity contribution in [3.8, 4) is 0 Å². The van der Waals surface area contributed by atoms with Crippen LogP contribution in [-0.2, 0) is 4.74 Å². The predicted octanol–water partition coefficient (Wildman–Crippen LogP) is 2.54. The average Bonchev–Trinajstić information content (AvgIpc) is 2.22. The molecular formula is C12H24NO. The lowest BCUT2D eigenvalue weighted by Gasteiger charge is -2.08. The summed E-state index contributed by atoms with van der Waals surface area (Å²) in [7, 11) is 0. The Balaban J connectivity index is 2.00. The smallest absolute Gasteiger partial charge is 0.0590 e. The molecule has 14 heavy (non-hydrogen) atoms. The van der Waals surface area contributed by atoms with Crippen molar-refractivity contribution in [3.05, 3.63) is 6.42 Å². The van der Waals surface area contributed by atoms with E-state index in [1.165, 1.54) is 44.9 Å². The van der Waals surface area contributed by atoms with E-state index in [1.54, 1.807) is 0 Å². The SMILES string of the molecule is [CH]1CCCCCCCCOCCNC1. The van der Waals surface area contributed by atoms with Gasteiger partial charge in [-0.05, 0) is 25.8 Å². The van der Waals surface area contributed by atoms with E-state index in [0.29, 0.717) is 0 Å². The van der Waals surface area contributed by atoms with Gasteiger partial charge in [-0.2, -0.15) is 0 Å². The fourth-order valence-corrected chi connectivity index (χ4v) is 1.75. The van der Waals surface area contributed by atoms with Crippen LogP contribution in [0.4, 0.5) is 0 Å². The number of hydrogen-bond acceptors (Lipinski definition) is 2. The Morgan fingerprint density at radius 2 is 1.64 bits per heavy atom. The van der Waals surface area contributed by atoms with E-state index < -0.39 is 0 Å². The van der Waals surface area contributed by atoms with Crippen LogP contribution in [0.1, 0.15) is 44.9 Å². The molecule has 83 valence electrons. The minimum absolute atomic E-state index is 0.869. The van der Waals surface area contributed by atoms with Gasteiger partial charge in [0.1, 0.15) is 0 Å². The first-order chi connectivity index (χ1) is 7.00. The van der Waals surface area contributed by atoms with Crippen molar-refractivity contribution in [3.63, 3.8) is 0 Å². The Bertz CT molecular complexity index is 63.6. The van der Waals surface area contributed by atoms with Gasteiger partial charge in [-0.15, -0.1) is 0 Å². The average molecular weight is 198 g/mol. The van der Waals surface area contributed by atoms with Gasteiger partial charge >= 0.3 is 0 Å². The highest BCUT2D eigenvalue weighted by atomic mass is 16.5. The van der Waals surface area contributed by atoms with Crippen molar-refractivity contribution < 1.29 is 4.74 Å². The third-order valence-electron chi connectivity index (χ3n) is 2.66. The third kappa shape index (κ3) is 7.34. The lowest BCUT2D eigenvalue weighted by molar-refractivity contribution is 0.132. The van der Waals surface area contributed by atoms with Crippen molar-refractivity contribution in [2.24, 2.45) is 0 Å². The lowest BCUT2D eigenvalue weighted by atomic mass is 10.1. The van der Waals surface area contributed by atoms with E-state index >= 15 is 0 Å². The molecule has 0 aromatic heterocycles. The molecule has 1 heterocycles. The second-order valence-corrected chi connectivity index (χ2v) is 4.02. The van der Waals surface area contributed by atoms with Gasteiger partial charge in [-0.25, -0.2) is 0 Å². The molecule has 2 heteroatoms. The fraction of sp³-hybridized carbons (Fsp3) is 0.917. The number of rotatable bonds is 0. The molecule has 0 aromatic rings. The van der Waals surface area contributed by atoms with Gasteiger partial charge in [0, 0.05) is 13.2 Å². The molecule has 0 saturated carbocycles. The zero-order chi connectivity index (χ0) is 9.90. The Labute approximate surface area is 88.4 Å². The van der Waals surface area contributed by atoms with Gasteiger partial charge in [-0.1, -0.05) is 32.1 Å². The van der Waals surface area contributed by atoms with E-state index in [1.807, 2.05) is 0 Å². The summed E-state index contributed by atoms with van der Waals surface area (Å²) in [5, 5.41) is 3.36. The molecule has 0 unspecified atom stereocenters. The largest absolute Gasteiger partial charge is 0.380 e. The molecule has 1 fully saturated rings. The molecule has 0 atom stereocenters. The molecule has 1 saturated heterocycles. The molecule has 1 rings (SSSR count). The molecule has 1 N–H and O–H groups in total. The molecule has 1 aliphatic heterocycles. The van der Waals surface area contributed by atoms with Crippen LogP contribution in [-0.4, -0.2) is 26.3 Å². The fourth-order valence-electron chi connectivity index (χ4n) is 1.75. The van der Waals surface area contributed by atoms with Crippen molar-refractivity contribution in [1.29, 1.82) is 0 Å². The predicted molar refractivity (Wildman–Crippen MR) is 60.3 cm³/mol. The summed E-state index contributed by atoms with van der Waals surface area (Å²) in [5.41, 5.74) is 0. The van der Waals surface area contributed by atoms with E-state index in [2.05, 4.69) is 11.7 Å². The summed E-state index contributed by atoms with van der Waals surface area (Å²) in [4.78, 5) is 0. The molecule has 1 radical (unpaired) electrons. The molecule has 0 aliphatic carbocycles. The summed E-state index contributed by atoms with van der Waals surface area (Å²) in [6, 6.07) is 0. The highest BCUT2D eigenvalue weighted by Gasteiger charge is 1.95.